The normalized spacial score (nSPS) is 9.00. The fraction of sp³-hybridized carbons (Fsp3) is 0. The Kier molecular flexibility index (Phi) is 3.20. The van der Waals surface area contributed by atoms with Crippen molar-refractivity contribution in [1.29, 1.82) is 0 Å². The summed E-state index contributed by atoms with van der Waals surface area (Å²) in [7, 11) is 0. The van der Waals surface area contributed by atoms with Gasteiger partial charge in [-0.1, -0.05) is 18.2 Å². The molecular formula is C9H8IrN2. The van der Waals surface area contributed by atoms with Gasteiger partial charge in [0.2, 0.25) is 0 Å². The van der Waals surface area contributed by atoms with E-state index in [1.807, 2.05) is 47.3 Å². The molecule has 12 heavy (non-hydrogen) atoms. The zero-order chi connectivity index (χ0) is 7.52. The standard InChI is InChI=1S/C9H8N2.Ir/c1-2-5-9(6-3-1)11-8-4-7-10-11;/h1-8H;. The first kappa shape index (κ1) is 9.17. The Morgan fingerprint density at radius 2 is 1.75 bits per heavy atom. The Labute approximate surface area is 84.6 Å². The van der Waals surface area contributed by atoms with E-state index in [4.69, 9.17) is 0 Å². The summed E-state index contributed by atoms with van der Waals surface area (Å²) in [5, 5.41) is 4.10. The van der Waals surface area contributed by atoms with Crippen molar-refractivity contribution in [2.45, 2.75) is 0 Å². The topological polar surface area (TPSA) is 17.8 Å². The summed E-state index contributed by atoms with van der Waals surface area (Å²) in [6, 6.07) is 11.9. The van der Waals surface area contributed by atoms with E-state index in [2.05, 4.69) is 5.10 Å². The van der Waals surface area contributed by atoms with Crippen molar-refractivity contribution in [3.05, 3.63) is 48.8 Å². The predicted molar refractivity (Wildman–Crippen MR) is 43.6 cm³/mol. The van der Waals surface area contributed by atoms with Gasteiger partial charge in [-0.2, -0.15) is 5.10 Å². The average Bonchev–Trinajstić information content (AvgIpc) is 2.58. The molecule has 0 fully saturated rings. The van der Waals surface area contributed by atoms with E-state index in [0.717, 1.165) is 5.69 Å². The van der Waals surface area contributed by atoms with Crippen LogP contribution in [0, 0.1) is 0 Å². The van der Waals surface area contributed by atoms with Crippen LogP contribution in [0.5, 0.6) is 0 Å². The SMILES string of the molecule is [Ir].c1ccc(-n2cccn2)cc1. The van der Waals surface area contributed by atoms with Gasteiger partial charge in [0.05, 0.1) is 5.69 Å². The molecule has 0 bridgehead atoms. The predicted octanol–water partition coefficient (Wildman–Crippen LogP) is 1.87. The average molecular weight is 336 g/mol. The quantitative estimate of drug-likeness (QED) is 0.777. The third kappa shape index (κ3) is 1.81. The molecule has 0 spiro atoms. The zero-order valence-corrected chi connectivity index (χ0v) is 8.74. The molecule has 2 aromatic rings. The van der Waals surface area contributed by atoms with Crippen molar-refractivity contribution in [3.63, 3.8) is 0 Å². The van der Waals surface area contributed by atoms with Gasteiger partial charge in [-0.3, -0.25) is 0 Å². The summed E-state index contributed by atoms with van der Waals surface area (Å²) in [5.41, 5.74) is 1.09. The maximum absolute atomic E-state index is 4.10. The Hall–Kier alpha value is -0.921. The van der Waals surface area contributed by atoms with Crippen LogP contribution in [-0.4, -0.2) is 9.78 Å². The van der Waals surface area contributed by atoms with Gasteiger partial charge in [0.1, 0.15) is 0 Å². The number of nitrogens with zero attached hydrogens (tertiary/aromatic N) is 2. The van der Waals surface area contributed by atoms with Gasteiger partial charge in [-0.25, -0.2) is 4.68 Å². The Morgan fingerprint density at radius 1 is 1.00 bits per heavy atom. The van der Waals surface area contributed by atoms with E-state index in [9.17, 15) is 0 Å². The van der Waals surface area contributed by atoms with Gasteiger partial charge in [0.15, 0.2) is 0 Å². The van der Waals surface area contributed by atoms with Crippen LogP contribution in [0.3, 0.4) is 0 Å². The molecule has 0 unspecified atom stereocenters. The fourth-order valence-corrected chi connectivity index (χ4v) is 1.00. The minimum atomic E-state index is 0. The van der Waals surface area contributed by atoms with Gasteiger partial charge in [0, 0.05) is 32.5 Å². The van der Waals surface area contributed by atoms with Crippen molar-refractivity contribution in [2.24, 2.45) is 0 Å². The third-order valence-corrected chi connectivity index (χ3v) is 1.53. The number of rotatable bonds is 1. The molecule has 3 heteroatoms. The smallest absolute Gasteiger partial charge is 0.0645 e. The van der Waals surface area contributed by atoms with E-state index >= 15 is 0 Å². The van der Waals surface area contributed by atoms with Crippen molar-refractivity contribution in [3.8, 4) is 5.69 Å². The molecule has 0 aliphatic rings. The first-order valence-electron chi connectivity index (χ1n) is 3.52. The second-order valence-electron chi connectivity index (χ2n) is 2.29. The Morgan fingerprint density at radius 3 is 2.33 bits per heavy atom. The van der Waals surface area contributed by atoms with Crippen molar-refractivity contribution in [1.82, 2.24) is 9.78 Å². The second-order valence-corrected chi connectivity index (χ2v) is 2.29. The maximum atomic E-state index is 4.10. The molecule has 1 heterocycles. The summed E-state index contributed by atoms with van der Waals surface area (Å²) >= 11 is 0. The molecule has 1 aromatic carbocycles. The molecule has 0 aliphatic carbocycles. The minimum absolute atomic E-state index is 0. The van der Waals surface area contributed by atoms with Gasteiger partial charge >= 0.3 is 0 Å². The summed E-state index contributed by atoms with van der Waals surface area (Å²) in [6.07, 6.45) is 3.70. The van der Waals surface area contributed by atoms with E-state index in [1.165, 1.54) is 0 Å². The van der Waals surface area contributed by atoms with Crippen LogP contribution >= 0.6 is 0 Å². The van der Waals surface area contributed by atoms with Crippen molar-refractivity contribution < 1.29 is 20.1 Å². The first-order valence-corrected chi connectivity index (χ1v) is 3.52. The van der Waals surface area contributed by atoms with Crippen molar-refractivity contribution in [2.75, 3.05) is 0 Å². The maximum Gasteiger partial charge on any atom is 0.0645 e. The number of hydrogen-bond acceptors (Lipinski definition) is 1. The molecule has 0 atom stereocenters. The molecule has 0 saturated carbocycles. The molecule has 0 saturated heterocycles. The van der Waals surface area contributed by atoms with Crippen molar-refractivity contribution >= 4 is 0 Å². The molecule has 1 aromatic heterocycles. The summed E-state index contributed by atoms with van der Waals surface area (Å²) in [4.78, 5) is 0. The monoisotopic (exact) mass is 337 g/mol. The van der Waals surface area contributed by atoms with E-state index < -0.39 is 0 Å². The Bertz CT molecular complexity index is 316. The number of benzene rings is 1. The molecular weight excluding hydrogens is 328 g/mol. The van der Waals surface area contributed by atoms with Crippen LogP contribution in [0.25, 0.3) is 5.69 Å². The van der Waals surface area contributed by atoms with E-state index in [-0.39, 0.29) is 20.1 Å². The summed E-state index contributed by atoms with van der Waals surface area (Å²) in [5.74, 6) is 0. The minimum Gasteiger partial charge on any atom is -0.241 e. The second kappa shape index (κ2) is 4.19. The van der Waals surface area contributed by atoms with Crippen LogP contribution in [0.2, 0.25) is 0 Å². The fourth-order valence-electron chi connectivity index (χ4n) is 1.00. The molecule has 0 amide bonds. The van der Waals surface area contributed by atoms with Crippen LogP contribution in [0.15, 0.2) is 48.8 Å². The third-order valence-electron chi connectivity index (χ3n) is 1.53. The van der Waals surface area contributed by atoms with E-state index in [0.29, 0.717) is 0 Å². The number of aromatic nitrogens is 2. The van der Waals surface area contributed by atoms with Gasteiger partial charge in [-0.05, 0) is 18.2 Å². The first-order chi connectivity index (χ1) is 5.47. The number of para-hydroxylation sites is 1. The van der Waals surface area contributed by atoms with Crippen LogP contribution in [0.4, 0.5) is 0 Å². The largest absolute Gasteiger partial charge is 0.241 e. The van der Waals surface area contributed by atoms with Gasteiger partial charge < -0.3 is 0 Å². The van der Waals surface area contributed by atoms with Crippen LogP contribution in [-0.2, 0) is 20.1 Å². The summed E-state index contributed by atoms with van der Waals surface area (Å²) in [6.45, 7) is 0. The molecule has 63 valence electrons. The van der Waals surface area contributed by atoms with Crippen LogP contribution < -0.4 is 0 Å². The van der Waals surface area contributed by atoms with E-state index in [1.54, 1.807) is 6.20 Å². The molecule has 1 radical (unpaired) electrons. The van der Waals surface area contributed by atoms with Gasteiger partial charge in [-0.15, -0.1) is 0 Å². The Balaban J connectivity index is 0.000000720. The molecule has 2 rings (SSSR count). The van der Waals surface area contributed by atoms with Crippen LogP contribution in [0.1, 0.15) is 0 Å². The molecule has 2 nitrogen and oxygen atoms in total. The summed E-state index contributed by atoms with van der Waals surface area (Å²) < 4.78 is 1.83. The molecule has 0 N–H and O–H groups in total. The molecule has 0 aliphatic heterocycles. The van der Waals surface area contributed by atoms with Gasteiger partial charge in [0.25, 0.3) is 0 Å². The number of hydrogen-bond donors (Lipinski definition) is 0. The zero-order valence-electron chi connectivity index (χ0n) is 6.35.